The van der Waals surface area contributed by atoms with E-state index in [4.69, 9.17) is 5.73 Å². The van der Waals surface area contributed by atoms with Crippen molar-refractivity contribution in [2.24, 2.45) is 11.7 Å². The largest absolute Gasteiger partial charge is 0.342 e. The van der Waals surface area contributed by atoms with E-state index >= 15 is 0 Å². The maximum absolute atomic E-state index is 5.86. The molecule has 3 N–H and O–H groups in total. The third-order valence-electron chi connectivity index (χ3n) is 3.80. The van der Waals surface area contributed by atoms with Gasteiger partial charge in [-0.15, -0.1) is 0 Å². The van der Waals surface area contributed by atoms with Crippen molar-refractivity contribution in [2.75, 3.05) is 0 Å². The normalized spacial score (nSPS) is 23.6. The quantitative estimate of drug-likeness (QED) is 0.870. The molecular formula is C15H21N3. The minimum absolute atomic E-state index is 0.406. The molecule has 0 radical (unpaired) electrons. The molecule has 0 bridgehead atoms. The van der Waals surface area contributed by atoms with Crippen LogP contribution in [0, 0.1) is 5.92 Å². The number of benzene rings is 1. The van der Waals surface area contributed by atoms with Crippen LogP contribution in [0.4, 0.5) is 0 Å². The Kier molecular flexibility index (Phi) is 2.86. The van der Waals surface area contributed by atoms with E-state index in [2.05, 4.69) is 42.0 Å². The molecule has 18 heavy (non-hydrogen) atoms. The predicted molar refractivity (Wildman–Crippen MR) is 74.6 cm³/mol. The van der Waals surface area contributed by atoms with Crippen molar-refractivity contribution in [3.8, 4) is 0 Å². The van der Waals surface area contributed by atoms with Crippen LogP contribution in [0.1, 0.15) is 44.0 Å². The van der Waals surface area contributed by atoms with E-state index in [0.29, 0.717) is 17.9 Å². The number of imidazole rings is 1. The molecule has 3 heteroatoms. The van der Waals surface area contributed by atoms with Gasteiger partial charge in [0.05, 0.1) is 11.0 Å². The monoisotopic (exact) mass is 243 g/mol. The number of H-pyrrole nitrogens is 1. The molecular weight excluding hydrogens is 222 g/mol. The minimum atomic E-state index is 0.406. The number of nitrogens with two attached hydrogens (primary N) is 1. The number of aromatic amines is 1. The van der Waals surface area contributed by atoms with Gasteiger partial charge >= 0.3 is 0 Å². The van der Waals surface area contributed by atoms with Gasteiger partial charge in [-0.3, -0.25) is 0 Å². The lowest BCUT2D eigenvalue weighted by atomic mass is 9.76. The van der Waals surface area contributed by atoms with Crippen molar-refractivity contribution >= 4 is 11.0 Å². The van der Waals surface area contributed by atoms with E-state index in [9.17, 15) is 0 Å². The van der Waals surface area contributed by atoms with Crippen LogP contribution in [-0.4, -0.2) is 16.0 Å². The minimum Gasteiger partial charge on any atom is -0.342 e. The Hall–Kier alpha value is -1.35. The van der Waals surface area contributed by atoms with Crippen molar-refractivity contribution in [3.63, 3.8) is 0 Å². The molecule has 3 rings (SSSR count). The van der Waals surface area contributed by atoms with E-state index in [0.717, 1.165) is 30.6 Å². The van der Waals surface area contributed by atoms with Crippen molar-refractivity contribution in [3.05, 3.63) is 29.6 Å². The molecule has 1 heterocycles. The van der Waals surface area contributed by atoms with E-state index in [1.807, 2.05) is 0 Å². The van der Waals surface area contributed by atoms with Crippen molar-refractivity contribution in [1.82, 2.24) is 9.97 Å². The van der Waals surface area contributed by atoms with E-state index in [1.54, 1.807) is 0 Å². The van der Waals surface area contributed by atoms with Gasteiger partial charge in [-0.1, -0.05) is 19.9 Å². The third kappa shape index (κ3) is 2.15. The summed E-state index contributed by atoms with van der Waals surface area (Å²) in [5, 5.41) is 0. The zero-order chi connectivity index (χ0) is 12.7. The number of rotatable bonds is 3. The highest BCUT2D eigenvalue weighted by Crippen LogP contribution is 2.36. The zero-order valence-electron chi connectivity index (χ0n) is 11.1. The number of aromatic nitrogens is 2. The summed E-state index contributed by atoms with van der Waals surface area (Å²) >= 11 is 0. The van der Waals surface area contributed by atoms with Gasteiger partial charge in [0.15, 0.2) is 0 Å². The van der Waals surface area contributed by atoms with Crippen molar-refractivity contribution < 1.29 is 0 Å². The number of hydrogen-bond donors (Lipinski definition) is 2. The first-order chi connectivity index (χ1) is 8.61. The second-order valence-corrected chi connectivity index (χ2v) is 5.99. The molecule has 0 saturated heterocycles. The SMILES string of the molecule is CC(C)Cc1nc2ccc(C3CC(N)C3)cc2[nH]1. The molecule has 1 saturated carbocycles. The summed E-state index contributed by atoms with van der Waals surface area (Å²) in [5.41, 5.74) is 9.52. The number of fused-ring (bicyclic) bond motifs is 1. The average molecular weight is 243 g/mol. The molecule has 1 aromatic carbocycles. The predicted octanol–water partition coefficient (Wildman–Crippen LogP) is 2.97. The van der Waals surface area contributed by atoms with E-state index in [-0.39, 0.29) is 0 Å². The molecule has 1 fully saturated rings. The Balaban J connectivity index is 1.87. The first kappa shape index (κ1) is 11.7. The first-order valence-corrected chi connectivity index (χ1v) is 6.86. The number of hydrogen-bond acceptors (Lipinski definition) is 2. The summed E-state index contributed by atoms with van der Waals surface area (Å²) in [5.74, 6) is 2.39. The molecule has 0 aliphatic heterocycles. The van der Waals surface area contributed by atoms with Gasteiger partial charge in [-0.2, -0.15) is 0 Å². The van der Waals surface area contributed by atoms with Crippen LogP contribution in [0.5, 0.6) is 0 Å². The summed E-state index contributed by atoms with van der Waals surface area (Å²) in [6.07, 6.45) is 3.26. The first-order valence-electron chi connectivity index (χ1n) is 6.86. The Morgan fingerprint density at radius 1 is 1.39 bits per heavy atom. The molecule has 3 nitrogen and oxygen atoms in total. The molecule has 0 spiro atoms. The van der Waals surface area contributed by atoms with Crippen LogP contribution in [0.2, 0.25) is 0 Å². The van der Waals surface area contributed by atoms with Gasteiger partial charge in [-0.05, 0) is 42.4 Å². The van der Waals surface area contributed by atoms with Crippen molar-refractivity contribution in [1.29, 1.82) is 0 Å². The van der Waals surface area contributed by atoms with Crippen molar-refractivity contribution in [2.45, 2.75) is 45.1 Å². The average Bonchev–Trinajstić information content (AvgIpc) is 2.64. The van der Waals surface area contributed by atoms with Crippen LogP contribution < -0.4 is 5.73 Å². The maximum atomic E-state index is 5.86. The number of nitrogens with one attached hydrogen (secondary N) is 1. The van der Waals surface area contributed by atoms with Crippen LogP contribution in [0.25, 0.3) is 11.0 Å². The van der Waals surface area contributed by atoms with Crippen LogP contribution in [0.3, 0.4) is 0 Å². The second-order valence-electron chi connectivity index (χ2n) is 5.99. The zero-order valence-corrected chi connectivity index (χ0v) is 11.1. The molecule has 0 amide bonds. The maximum Gasteiger partial charge on any atom is 0.107 e. The van der Waals surface area contributed by atoms with Gasteiger partial charge in [0, 0.05) is 12.5 Å². The van der Waals surface area contributed by atoms with Crippen LogP contribution >= 0.6 is 0 Å². The molecule has 0 atom stereocenters. The molecule has 1 aromatic heterocycles. The highest BCUT2D eigenvalue weighted by molar-refractivity contribution is 5.76. The Morgan fingerprint density at radius 2 is 2.17 bits per heavy atom. The summed E-state index contributed by atoms with van der Waals surface area (Å²) in [7, 11) is 0. The topological polar surface area (TPSA) is 54.7 Å². The molecule has 1 aliphatic carbocycles. The summed E-state index contributed by atoms with van der Waals surface area (Å²) in [4.78, 5) is 8.07. The van der Waals surface area contributed by atoms with Crippen LogP contribution in [0.15, 0.2) is 18.2 Å². The Bertz CT molecular complexity index is 550. The van der Waals surface area contributed by atoms with E-state index in [1.165, 1.54) is 11.1 Å². The van der Waals surface area contributed by atoms with Gasteiger partial charge in [0.2, 0.25) is 0 Å². The fourth-order valence-corrected chi connectivity index (χ4v) is 2.75. The molecule has 96 valence electrons. The fourth-order valence-electron chi connectivity index (χ4n) is 2.75. The lowest BCUT2D eigenvalue weighted by Gasteiger charge is -2.32. The lowest BCUT2D eigenvalue weighted by molar-refractivity contribution is 0.352. The molecule has 2 aromatic rings. The third-order valence-corrected chi connectivity index (χ3v) is 3.80. The number of nitrogens with zero attached hydrogens (tertiary/aromatic N) is 1. The van der Waals surface area contributed by atoms with Gasteiger partial charge in [0.25, 0.3) is 0 Å². The second kappa shape index (κ2) is 4.39. The Labute approximate surface area is 108 Å². The van der Waals surface area contributed by atoms with E-state index < -0.39 is 0 Å². The van der Waals surface area contributed by atoms with Gasteiger partial charge < -0.3 is 10.7 Å². The van der Waals surface area contributed by atoms with Gasteiger partial charge in [0.1, 0.15) is 5.82 Å². The fraction of sp³-hybridized carbons (Fsp3) is 0.533. The summed E-state index contributed by atoms with van der Waals surface area (Å²) in [6.45, 7) is 4.43. The highest BCUT2D eigenvalue weighted by Gasteiger charge is 2.27. The Morgan fingerprint density at radius 3 is 2.83 bits per heavy atom. The standard InChI is InChI=1S/C15H21N3/c1-9(2)5-15-17-13-4-3-10(8-14(13)18-15)11-6-12(16)7-11/h3-4,8-9,11-12H,5-7,16H2,1-2H3,(H,17,18). The molecule has 1 aliphatic rings. The van der Waals surface area contributed by atoms with Crippen LogP contribution in [-0.2, 0) is 6.42 Å². The summed E-state index contributed by atoms with van der Waals surface area (Å²) in [6, 6.07) is 7.00. The molecule has 0 unspecified atom stereocenters. The smallest absolute Gasteiger partial charge is 0.107 e. The highest BCUT2D eigenvalue weighted by atomic mass is 14.9. The summed E-state index contributed by atoms with van der Waals surface area (Å²) < 4.78 is 0. The lowest BCUT2D eigenvalue weighted by Crippen LogP contribution is -2.34. The van der Waals surface area contributed by atoms with Gasteiger partial charge in [-0.25, -0.2) is 4.98 Å².